The Morgan fingerprint density at radius 1 is 0.873 bits per heavy atom. The molecule has 0 unspecified atom stereocenters. The number of benzene rings is 4. The van der Waals surface area contributed by atoms with Gasteiger partial charge in [0.25, 0.3) is 5.91 Å². The van der Waals surface area contributed by atoms with E-state index in [1.165, 1.54) is 17.0 Å². The minimum atomic E-state index is -0.944. The molecule has 6 N–H and O–H groups in total. The van der Waals surface area contributed by atoms with Crippen LogP contribution in [0.3, 0.4) is 0 Å². The zero-order valence-electron chi connectivity index (χ0n) is 45.2. The van der Waals surface area contributed by atoms with E-state index < -0.39 is 41.1 Å². The van der Waals surface area contributed by atoms with Crippen molar-refractivity contribution < 1.29 is 42.6 Å². The Labute approximate surface area is 462 Å². The van der Waals surface area contributed by atoms with Crippen molar-refractivity contribution in [1.82, 2.24) is 35.6 Å². The second-order valence-electron chi connectivity index (χ2n) is 22.0. The van der Waals surface area contributed by atoms with Crippen LogP contribution >= 0.6 is 11.3 Å². The number of thiazole rings is 1. The van der Waals surface area contributed by atoms with Gasteiger partial charge in [0.1, 0.15) is 23.7 Å². The highest BCUT2D eigenvalue weighted by Gasteiger charge is 2.44. The second-order valence-corrected chi connectivity index (χ2v) is 22.8. The maximum Gasteiger partial charge on any atom is 0.261 e. The zero-order valence-corrected chi connectivity index (χ0v) is 46.0. The third-order valence-electron chi connectivity index (χ3n) is 15.0. The van der Waals surface area contributed by atoms with Gasteiger partial charge in [-0.1, -0.05) is 63.6 Å². The van der Waals surface area contributed by atoms with Gasteiger partial charge in [-0.05, 0) is 103 Å². The van der Waals surface area contributed by atoms with Gasteiger partial charge in [-0.15, -0.1) is 11.3 Å². The number of unbranched alkanes of at least 4 members (excludes halogenated alkanes) is 2. The number of piperazine rings is 1. The number of halogens is 2. The minimum Gasteiger partial charge on any atom is -0.391 e. The fraction of sp³-hybridized carbons (Fsp3) is 0.441. The molecule has 6 aromatic rings. The number of amides is 5. The number of anilines is 3. The number of β-amino-alcohol motifs (C(OH)–C–C–N with tert-alkyl or cyclic N) is 1. The summed E-state index contributed by atoms with van der Waals surface area (Å²) in [6.45, 7) is 10.8. The van der Waals surface area contributed by atoms with Gasteiger partial charge in [-0.2, -0.15) is 5.10 Å². The summed E-state index contributed by atoms with van der Waals surface area (Å²) in [7, 11) is 0. The molecular weight excluding hydrogens is 1030 g/mol. The molecule has 0 spiro atoms. The molecule has 79 heavy (non-hydrogen) atoms. The quantitative estimate of drug-likeness (QED) is 0.0426. The summed E-state index contributed by atoms with van der Waals surface area (Å²) in [6, 6.07) is 20.8. The lowest BCUT2D eigenvalue weighted by molar-refractivity contribution is -0.144. The molecule has 9 rings (SSSR count). The Bertz CT molecular complexity index is 3130. The molecular formula is C59H70F2N10O7S. The van der Waals surface area contributed by atoms with Crippen LogP contribution in [-0.4, -0.2) is 130 Å². The summed E-state index contributed by atoms with van der Waals surface area (Å²) in [4.78, 5) is 80.0. The van der Waals surface area contributed by atoms with Crippen molar-refractivity contribution in [3.63, 3.8) is 0 Å². The molecule has 3 aliphatic rings. The monoisotopic (exact) mass is 1100 g/mol. The maximum absolute atomic E-state index is 14.6. The van der Waals surface area contributed by atoms with Gasteiger partial charge < -0.3 is 45.8 Å². The van der Waals surface area contributed by atoms with Gasteiger partial charge in [0.2, 0.25) is 23.6 Å². The standard InChI is InChI=1S/C59H70F2N10O7S/c1-36-53(79-35-63-36)40-16-13-37(14-17-40)33-62-56(75)49-32-44(72)34-71(49)58(77)54(59(2,3)4)65-50(73)11-6-5-7-12-51(74)70-23-21-69(22-24-70)48-10-8-9-47(64-43-19-25-78-26-20-43)52(48)57(76)66-55-45-30-38(15-18-46(45)67-68-55)27-39-28-41(60)31-42(61)29-39/h8-10,13-18,28-31,35,43-44,49,54,64,72H,5-7,11-12,19-27,32-34H2,1-4H3,(H,62,75)(H,65,73)(H2,66,67,68,76)/t44-,49+,54-/m1/s1. The molecule has 418 valence electrons. The number of aromatic nitrogens is 3. The number of fused-ring (bicyclic) bond motifs is 1. The number of nitrogens with one attached hydrogen (secondary N) is 5. The van der Waals surface area contributed by atoms with E-state index in [9.17, 15) is 37.9 Å². The van der Waals surface area contributed by atoms with Crippen LogP contribution in [0.2, 0.25) is 0 Å². The van der Waals surface area contributed by atoms with Crippen LogP contribution in [0.5, 0.6) is 0 Å². The Balaban J connectivity index is 0.757. The Morgan fingerprint density at radius 3 is 2.30 bits per heavy atom. The number of carbonyl (C=O) groups is 5. The van der Waals surface area contributed by atoms with Crippen LogP contribution in [-0.2, 0) is 36.9 Å². The number of ether oxygens (including phenoxy) is 1. The predicted octanol–water partition coefficient (Wildman–Crippen LogP) is 8.12. The van der Waals surface area contributed by atoms with Gasteiger partial charge in [0.15, 0.2) is 5.82 Å². The molecule has 5 amide bonds. The number of carbonyl (C=O) groups excluding carboxylic acids is 5. The Morgan fingerprint density at radius 2 is 1.59 bits per heavy atom. The smallest absolute Gasteiger partial charge is 0.261 e. The van der Waals surface area contributed by atoms with E-state index in [-0.39, 0.29) is 62.0 Å². The van der Waals surface area contributed by atoms with Gasteiger partial charge in [0.05, 0.1) is 39.0 Å². The van der Waals surface area contributed by atoms with Crippen molar-refractivity contribution in [2.45, 2.75) is 116 Å². The Kier molecular flexibility index (Phi) is 18.0. The number of aliphatic hydroxyl groups is 1. The SMILES string of the molecule is Cc1ncsc1-c1ccc(CNC(=O)[C@@H]2C[C@@H](O)CN2C(=O)[C@@H](NC(=O)CCCCCC(=O)N2CCN(c3cccc(NC4CCOCC4)c3C(=O)Nc3n[nH]c4ccc(Cc5cc(F)cc(F)c5)cc34)CC2)C(C)(C)C)cc1. The first-order chi connectivity index (χ1) is 38.0. The fourth-order valence-corrected chi connectivity index (χ4v) is 11.5. The van der Waals surface area contributed by atoms with E-state index >= 15 is 0 Å². The average molecular weight is 1100 g/mol. The number of aromatic amines is 1. The number of hydrogen-bond acceptors (Lipinski definition) is 12. The molecule has 5 heterocycles. The first kappa shape index (κ1) is 56.4. The molecule has 3 fully saturated rings. The third kappa shape index (κ3) is 14.1. The van der Waals surface area contributed by atoms with E-state index in [2.05, 4.69) is 41.3 Å². The molecule has 3 saturated heterocycles. The zero-order chi connectivity index (χ0) is 55.8. The first-order valence-electron chi connectivity index (χ1n) is 27.3. The molecule has 17 nitrogen and oxygen atoms in total. The van der Waals surface area contributed by atoms with E-state index in [4.69, 9.17) is 4.74 Å². The summed E-state index contributed by atoms with van der Waals surface area (Å²) in [5.41, 5.74) is 7.75. The minimum absolute atomic E-state index is 0.00833. The third-order valence-corrected chi connectivity index (χ3v) is 16.0. The summed E-state index contributed by atoms with van der Waals surface area (Å²) >= 11 is 1.57. The van der Waals surface area contributed by atoms with Crippen molar-refractivity contribution in [1.29, 1.82) is 0 Å². The number of aliphatic hydroxyl groups excluding tert-OH is 1. The highest BCUT2D eigenvalue weighted by Crippen LogP contribution is 2.34. The molecule has 0 aliphatic carbocycles. The van der Waals surface area contributed by atoms with Crippen LogP contribution in [0, 0.1) is 24.0 Å². The summed E-state index contributed by atoms with van der Waals surface area (Å²) < 4.78 is 33.6. The molecule has 3 aliphatic heterocycles. The van der Waals surface area contributed by atoms with Crippen molar-refractivity contribution in [2.75, 3.05) is 61.5 Å². The molecule has 4 aromatic carbocycles. The van der Waals surface area contributed by atoms with Crippen LogP contribution in [0.15, 0.2) is 84.4 Å². The molecule has 3 atom stereocenters. The number of nitrogens with zero attached hydrogens (tertiary/aromatic N) is 5. The number of H-pyrrole nitrogens is 1. The maximum atomic E-state index is 14.6. The number of aryl methyl sites for hydroxylation is 1. The topological polar surface area (TPSA) is 214 Å². The highest BCUT2D eigenvalue weighted by atomic mass is 32.1. The van der Waals surface area contributed by atoms with Crippen LogP contribution in [0.4, 0.5) is 26.0 Å². The molecule has 0 radical (unpaired) electrons. The fourth-order valence-electron chi connectivity index (χ4n) is 10.7. The normalized spacial score (nSPS) is 17.4. The number of likely N-dealkylation sites (tertiary alicyclic amines) is 1. The summed E-state index contributed by atoms with van der Waals surface area (Å²) in [6.07, 6.45) is 3.18. The van der Waals surface area contributed by atoms with Crippen molar-refractivity contribution >= 4 is 69.0 Å². The lowest BCUT2D eigenvalue weighted by Gasteiger charge is -2.37. The average Bonchev–Trinajstić information content (AvgIpc) is 4.25. The van der Waals surface area contributed by atoms with E-state index in [1.807, 2.05) is 98.8 Å². The molecule has 0 bridgehead atoms. The predicted molar refractivity (Wildman–Crippen MR) is 301 cm³/mol. The van der Waals surface area contributed by atoms with Gasteiger partial charge in [-0.3, -0.25) is 29.1 Å². The summed E-state index contributed by atoms with van der Waals surface area (Å²) in [5.74, 6) is -2.47. The van der Waals surface area contributed by atoms with Gasteiger partial charge >= 0.3 is 0 Å². The van der Waals surface area contributed by atoms with Crippen LogP contribution in [0.1, 0.15) is 105 Å². The molecule has 2 aromatic heterocycles. The highest BCUT2D eigenvalue weighted by molar-refractivity contribution is 7.13. The largest absolute Gasteiger partial charge is 0.391 e. The van der Waals surface area contributed by atoms with Crippen LogP contribution in [0.25, 0.3) is 21.3 Å². The van der Waals surface area contributed by atoms with Crippen molar-refractivity contribution in [3.05, 3.63) is 124 Å². The van der Waals surface area contributed by atoms with Crippen LogP contribution < -0.4 is 26.2 Å². The van der Waals surface area contributed by atoms with E-state index in [0.717, 1.165) is 46.2 Å². The van der Waals surface area contributed by atoms with E-state index in [1.54, 1.807) is 11.3 Å². The Hall–Kier alpha value is -7.29. The summed E-state index contributed by atoms with van der Waals surface area (Å²) in [5, 5.41) is 31.3. The van der Waals surface area contributed by atoms with Gasteiger partial charge in [-0.25, -0.2) is 13.8 Å². The van der Waals surface area contributed by atoms with Gasteiger partial charge in [0, 0.05) is 94.9 Å². The molecule has 0 saturated carbocycles. The lowest BCUT2D eigenvalue weighted by Crippen LogP contribution is -2.57. The van der Waals surface area contributed by atoms with E-state index in [0.29, 0.717) is 104 Å². The second kappa shape index (κ2) is 25.2. The van der Waals surface area contributed by atoms with Crippen molar-refractivity contribution in [3.8, 4) is 10.4 Å². The number of rotatable bonds is 19. The lowest BCUT2D eigenvalue weighted by atomic mass is 9.85. The first-order valence-corrected chi connectivity index (χ1v) is 28.1. The van der Waals surface area contributed by atoms with Crippen molar-refractivity contribution in [2.24, 2.45) is 5.41 Å². The number of hydrogen-bond donors (Lipinski definition) is 6. The molecule has 20 heteroatoms.